The first kappa shape index (κ1) is 12.6. The van der Waals surface area contributed by atoms with Crippen LogP contribution in [0.4, 0.5) is 0 Å². The maximum absolute atomic E-state index is 3.54. The van der Waals surface area contributed by atoms with Crippen LogP contribution in [0.25, 0.3) is 0 Å². The van der Waals surface area contributed by atoms with Crippen LogP contribution in [-0.2, 0) is 0 Å². The highest BCUT2D eigenvalue weighted by atomic mass is 14.9. The van der Waals surface area contributed by atoms with Crippen molar-refractivity contribution in [1.29, 1.82) is 0 Å². The second-order valence-electron chi connectivity index (χ2n) is 6.16. The second kappa shape index (κ2) is 4.81. The molecule has 1 fully saturated rings. The Morgan fingerprint density at radius 2 is 1.88 bits per heavy atom. The lowest BCUT2D eigenvalue weighted by Gasteiger charge is -2.34. The highest BCUT2D eigenvalue weighted by Gasteiger charge is 2.39. The molecule has 94 valence electrons. The van der Waals surface area contributed by atoms with Crippen molar-refractivity contribution in [1.82, 2.24) is 5.32 Å². The van der Waals surface area contributed by atoms with E-state index >= 15 is 0 Å². The molecule has 0 radical (unpaired) electrons. The molecule has 0 aromatic heterocycles. The molecule has 1 nitrogen and oxygen atoms in total. The van der Waals surface area contributed by atoms with Crippen LogP contribution in [0.2, 0.25) is 0 Å². The van der Waals surface area contributed by atoms with E-state index in [1.54, 1.807) is 0 Å². The summed E-state index contributed by atoms with van der Waals surface area (Å²) in [6, 6.07) is 9.52. The van der Waals surface area contributed by atoms with Gasteiger partial charge in [0.25, 0.3) is 0 Å². The quantitative estimate of drug-likeness (QED) is 0.826. The van der Waals surface area contributed by atoms with Crippen molar-refractivity contribution in [2.75, 3.05) is 7.05 Å². The number of hydrogen-bond acceptors (Lipinski definition) is 1. The first-order valence-corrected chi connectivity index (χ1v) is 6.78. The normalized spacial score (nSPS) is 24.8. The Kier molecular flexibility index (Phi) is 3.58. The largest absolute Gasteiger partial charge is 0.313 e. The number of rotatable bonds is 3. The molecule has 1 saturated carbocycles. The van der Waals surface area contributed by atoms with Gasteiger partial charge in [-0.25, -0.2) is 0 Å². The Morgan fingerprint density at radius 1 is 1.24 bits per heavy atom. The molecular weight excluding hydrogens is 206 g/mol. The maximum Gasteiger partial charge on any atom is 0.0351 e. The first-order valence-electron chi connectivity index (χ1n) is 6.78. The Labute approximate surface area is 106 Å². The van der Waals surface area contributed by atoms with Gasteiger partial charge in [-0.05, 0) is 43.7 Å². The zero-order valence-corrected chi connectivity index (χ0v) is 11.6. The van der Waals surface area contributed by atoms with Gasteiger partial charge in [0.2, 0.25) is 0 Å². The van der Waals surface area contributed by atoms with Gasteiger partial charge in [-0.1, -0.05) is 50.1 Å². The van der Waals surface area contributed by atoms with Gasteiger partial charge >= 0.3 is 0 Å². The summed E-state index contributed by atoms with van der Waals surface area (Å²) in [7, 11) is 2.10. The molecule has 0 spiro atoms. The minimum atomic E-state index is 0.471. The van der Waals surface area contributed by atoms with E-state index in [2.05, 4.69) is 57.4 Å². The van der Waals surface area contributed by atoms with Gasteiger partial charge in [-0.15, -0.1) is 0 Å². The van der Waals surface area contributed by atoms with E-state index in [0.29, 0.717) is 11.5 Å². The van der Waals surface area contributed by atoms with Crippen LogP contribution in [0.1, 0.15) is 50.3 Å². The van der Waals surface area contributed by atoms with E-state index in [1.165, 1.54) is 30.4 Å². The summed E-state index contributed by atoms with van der Waals surface area (Å²) >= 11 is 0. The molecule has 1 aliphatic carbocycles. The van der Waals surface area contributed by atoms with Crippen LogP contribution in [-0.4, -0.2) is 7.05 Å². The topological polar surface area (TPSA) is 12.0 Å². The summed E-state index contributed by atoms with van der Waals surface area (Å²) in [5.74, 6) is 0.759. The third kappa shape index (κ3) is 2.55. The highest BCUT2D eigenvalue weighted by molar-refractivity contribution is 5.25. The smallest absolute Gasteiger partial charge is 0.0351 e. The fourth-order valence-electron chi connectivity index (χ4n) is 3.35. The van der Waals surface area contributed by atoms with E-state index in [0.717, 1.165) is 5.92 Å². The van der Waals surface area contributed by atoms with Crippen LogP contribution in [0.5, 0.6) is 0 Å². The molecule has 2 rings (SSSR count). The van der Waals surface area contributed by atoms with Gasteiger partial charge in [0.1, 0.15) is 0 Å². The third-order valence-electron chi connectivity index (χ3n) is 4.49. The Hall–Kier alpha value is -0.820. The molecule has 0 heterocycles. The summed E-state index contributed by atoms with van der Waals surface area (Å²) in [4.78, 5) is 0. The standard InChI is InChI=1S/C16H25N/c1-12-7-9-13(10-8-12)15(17-4)14-6-5-11-16(14,2)3/h7-10,14-15,17H,5-6,11H2,1-4H3. The van der Waals surface area contributed by atoms with Crippen LogP contribution in [0.3, 0.4) is 0 Å². The molecule has 1 aromatic rings. The van der Waals surface area contributed by atoms with Gasteiger partial charge < -0.3 is 5.32 Å². The Bertz CT molecular complexity index is 364. The zero-order valence-electron chi connectivity index (χ0n) is 11.6. The summed E-state index contributed by atoms with van der Waals surface area (Å²) in [6.45, 7) is 6.99. The SMILES string of the molecule is CNC(c1ccc(C)cc1)C1CCCC1(C)C. The van der Waals surface area contributed by atoms with Gasteiger partial charge in [0.05, 0.1) is 0 Å². The molecule has 1 aromatic carbocycles. The lowest BCUT2D eigenvalue weighted by molar-refractivity contribution is 0.203. The number of nitrogens with one attached hydrogen (secondary N) is 1. The summed E-state index contributed by atoms with van der Waals surface area (Å²) in [5, 5.41) is 3.54. The monoisotopic (exact) mass is 231 g/mol. The van der Waals surface area contributed by atoms with Crippen molar-refractivity contribution in [2.45, 2.75) is 46.1 Å². The predicted octanol–water partition coefficient (Wildman–Crippen LogP) is 4.08. The van der Waals surface area contributed by atoms with Crippen LogP contribution in [0.15, 0.2) is 24.3 Å². The molecule has 0 bridgehead atoms. The molecule has 2 unspecified atom stereocenters. The van der Waals surface area contributed by atoms with Gasteiger partial charge in [-0.3, -0.25) is 0 Å². The predicted molar refractivity (Wildman–Crippen MR) is 74.1 cm³/mol. The average Bonchev–Trinajstić information content (AvgIpc) is 2.63. The fraction of sp³-hybridized carbons (Fsp3) is 0.625. The molecule has 0 saturated heterocycles. The Balaban J connectivity index is 2.24. The zero-order chi connectivity index (χ0) is 12.5. The molecule has 1 N–H and O–H groups in total. The first-order chi connectivity index (χ1) is 8.04. The third-order valence-corrected chi connectivity index (χ3v) is 4.49. The Morgan fingerprint density at radius 3 is 2.35 bits per heavy atom. The molecule has 17 heavy (non-hydrogen) atoms. The highest BCUT2D eigenvalue weighted by Crippen LogP contribution is 2.48. The molecule has 0 amide bonds. The molecule has 1 aliphatic rings. The van der Waals surface area contributed by atoms with Crippen molar-refractivity contribution in [3.63, 3.8) is 0 Å². The van der Waals surface area contributed by atoms with Gasteiger partial charge in [0.15, 0.2) is 0 Å². The molecule has 0 aliphatic heterocycles. The summed E-state index contributed by atoms with van der Waals surface area (Å²) < 4.78 is 0. The van der Waals surface area contributed by atoms with Crippen molar-refractivity contribution >= 4 is 0 Å². The second-order valence-corrected chi connectivity index (χ2v) is 6.16. The summed E-state index contributed by atoms with van der Waals surface area (Å²) in [6.07, 6.45) is 4.09. The van der Waals surface area contributed by atoms with Crippen molar-refractivity contribution in [3.05, 3.63) is 35.4 Å². The lowest BCUT2D eigenvalue weighted by atomic mass is 9.75. The molecule has 1 heteroatoms. The lowest BCUT2D eigenvalue weighted by Crippen LogP contribution is -2.31. The fourth-order valence-corrected chi connectivity index (χ4v) is 3.35. The van der Waals surface area contributed by atoms with Crippen LogP contribution in [0, 0.1) is 18.3 Å². The van der Waals surface area contributed by atoms with Crippen molar-refractivity contribution in [3.8, 4) is 0 Å². The number of benzene rings is 1. The average molecular weight is 231 g/mol. The summed E-state index contributed by atoms with van der Waals surface area (Å²) in [5.41, 5.74) is 3.26. The van der Waals surface area contributed by atoms with Crippen LogP contribution < -0.4 is 5.32 Å². The minimum Gasteiger partial charge on any atom is -0.313 e. The maximum atomic E-state index is 3.54. The minimum absolute atomic E-state index is 0.471. The van der Waals surface area contributed by atoms with Crippen molar-refractivity contribution in [2.24, 2.45) is 11.3 Å². The number of hydrogen-bond donors (Lipinski definition) is 1. The van der Waals surface area contributed by atoms with Gasteiger partial charge in [0, 0.05) is 6.04 Å². The molecule has 2 atom stereocenters. The van der Waals surface area contributed by atoms with E-state index in [9.17, 15) is 0 Å². The van der Waals surface area contributed by atoms with E-state index in [4.69, 9.17) is 0 Å². The van der Waals surface area contributed by atoms with E-state index < -0.39 is 0 Å². The van der Waals surface area contributed by atoms with E-state index in [-0.39, 0.29) is 0 Å². The molecular formula is C16H25N. The van der Waals surface area contributed by atoms with Gasteiger partial charge in [-0.2, -0.15) is 0 Å². The van der Waals surface area contributed by atoms with Crippen molar-refractivity contribution < 1.29 is 0 Å². The van der Waals surface area contributed by atoms with Crippen LogP contribution >= 0.6 is 0 Å². The van der Waals surface area contributed by atoms with E-state index in [1.807, 2.05) is 0 Å². The number of aryl methyl sites for hydroxylation is 1.